The summed E-state index contributed by atoms with van der Waals surface area (Å²) in [5.74, 6) is 1.69. The first-order chi connectivity index (χ1) is 7.77. The van der Waals surface area contributed by atoms with Crippen molar-refractivity contribution in [1.82, 2.24) is 0 Å². The van der Waals surface area contributed by atoms with Crippen molar-refractivity contribution in [2.75, 3.05) is 11.5 Å². The Labute approximate surface area is 105 Å². The summed E-state index contributed by atoms with van der Waals surface area (Å²) in [6.45, 7) is 0. The van der Waals surface area contributed by atoms with E-state index < -0.39 is 0 Å². The predicted octanol–water partition coefficient (Wildman–Crippen LogP) is 3.08. The maximum atomic E-state index is 11.7. The summed E-state index contributed by atoms with van der Waals surface area (Å²) in [7, 11) is 0. The molecule has 0 N–H and O–H groups in total. The summed E-state index contributed by atoms with van der Waals surface area (Å²) >= 11 is 5.43. The molecule has 0 aliphatic carbocycles. The summed E-state index contributed by atoms with van der Waals surface area (Å²) in [5, 5.41) is 0.0663. The smallest absolute Gasteiger partial charge is 0.219 e. The van der Waals surface area contributed by atoms with E-state index in [0.29, 0.717) is 11.1 Å². The van der Waals surface area contributed by atoms with Gasteiger partial charge >= 0.3 is 0 Å². The number of unbranched alkanes of at least 4 members (excludes halogenated alkanes) is 1. The van der Waals surface area contributed by atoms with Crippen LogP contribution in [0.5, 0.6) is 0 Å². The average molecular weight is 254 g/mol. The Morgan fingerprint density at radius 3 is 2.50 bits per heavy atom. The van der Waals surface area contributed by atoms with Gasteiger partial charge in [0.05, 0.1) is 0 Å². The number of aldehydes is 1. The molecule has 86 valence electrons. The van der Waals surface area contributed by atoms with Gasteiger partial charge in [0.2, 0.25) is 5.12 Å². The number of rotatable bonds is 6. The average Bonchev–Trinajstić information content (AvgIpc) is 2.34. The normalized spacial score (nSPS) is 10.1. The minimum absolute atomic E-state index is 0.0663. The lowest BCUT2D eigenvalue weighted by Gasteiger charge is -2.00. The van der Waals surface area contributed by atoms with Gasteiger partial charge in [-0.05, 0) is 30.7 Å². The quantitative estimate of drug-likeness (QED) is 0.481. The molecule has 0 aromatic heterocycles. The highest BCUT2D eigenvalue weighted by Crippen LogP contribution is 2.14. The molecular formula is C12H14O2S2. The molecule has 0 fully saturated rings. The molecule has 0 unspecified atom stereocenters. The molecule has 0 spiro atoms. The van der Waals surface area contributed by atoms with Crippen LogP contribution in [0.1, 0.15) is 33.6 Å². The highest BCUT2D eigenvalue weighted by molar-refractivity contribution is 8.14. The molecule has 0 saturated heterocycles. The Kier molecular flexibility index (Phi) is 6.26. The van der Waals surface area contributed by atoms with Gasteiger partial charge in [0.15, 0.2) is 0 Å². The lowest BCUT2D eigenvalue weighted by molar-refractivity contribution is 0.108. The summed E-state index contributed by atoms with van der Waals surface area (Å²) in [5.41, 5.74) is 1.25. The molecule has 0 aliphatic heterocycles. The van der Waals surface area contributed by atoms with Crippen molar-refractivity contribution in [3.05, 3.63) is 35.4 Å². The molecule has 1 aromatic rings. The molecule has 0 saturated carbocycles. The van der Waals surface area contributed by atoms with Crippen molar-refractivity contribution in [2.24, 2.45) is 0 Å². The van der Waals surface area contributed by atoms with E-state index in [2.05, 4.69) is 12.6 Å². The fraction of sp³-hybridized carbons (Fsp3) is 0.333. The second kappa shape index (κ2) is 7.52. The number of carbonyl (C=O) groups is 2. The first kappa shape index (κ1) is 13.3. The SMILES string of the molecule is O=Cc1ccc(C(=O)SCCCCS)cc1. The van der Waals surface area contributed by atoms with Crippen molar-refractivity contribution in [3.63, 3.8) is 0 Å². The lowest BCUT2D eigenvalue weighted by Crippen LogP contribution is -1.95. The number of hydrogen-bond acceptors (Lipinski definition) is 4. The maximum Gasteiger partial charge on any atom is 0.219 e. The summed E-state index contributed by atoms with van der Waals surface area (Å²) in [6, 6.07) is 6.71. The molecule has 16 heavy (non-hydrogen) atoms. The van der Waals surface area contributed by atoms with Gasteiger partial charge in [-0.25, -0.2) is 0 Å². The van der Waals surface area contributed by atoms with Crippen molar-refractivity contribution in [1.29, 1.82) is 0 Å². The van der Waals surface area contributed by atoms with Crippen LogP contribution in [0, 0.1) is 0 Å². The zero-order valence-electron chi connectivity index (χ0n) is 8.89. The molecule has 0 radical (unpaired) electrons. The van der Waals surface area contributed by atoms with E-state index >= 15 is 0 Å². The van der Waals surface area contributed by atoms with Crippen molar-refractivity contribution >= 4 is 35.8 Å². The zero-order chi connectivity index (χ0) is 11.8. The molecule has 1 aromatic carbocycles. The summed E-state index contributed by atoms with van der Waals surface area (Å²) in [6.07, 6.45) is 2.81. The van der Waals surface area contributed by atoms with Gasteiger partial charge in [-0.1, -0.05) is 23.9 Å². The molecule has 0 atom stereocenters. The topological polar surface area (TPSA) is 34.1 Å². The summed E-state index contributed by atoms with van der Waals surface area (Å²) < 4.78 is 0. The van der Waals surface area contributed by atoms with Crippen LogP contribution in [0.15, 0.2) is 24.3 Å². The highest BCUT2D eigenvalue weighted by Gasteiger charge is 2.05. The highest BCUT2D eigenvalue weighted by atomic mass is 32.2. The fourth-order valence-electron chi connectivity index (χ4n) is 1.16. The van der Waals surface area contributed by atoms with Gasteiger partial charge in [0, 0.05) is 16.9 Å². The molecule has 0 heterocycles. The van der Waals surface area contributed by atoms with Crippen LogP contribution in [-0.2, 0) is 0 Å². The Morgan fingerprint density at radius 2 is 1.94 bits per heavy atom. The van der Waals surface area contributed by atoms with Crippen LogP contribution in [0.3, 0.4) is 0 Å². The number of thioether (sulfide) groups is 1. The van der Waals surface area contributed by atoms with Crippen LogP contribution in [0.25, 0.3) is 0 Å². The molecule has 0 aliphatic rings. The van der Waals surface area contributed by atoms with E-state index in [0.717, 1.165) is 30.6 Å². The van der Waals surface area contributed by atoms with Gasteiger partial charge in [-0.2, -0.15) is 12.6 Å². The Hall–Kier alpha value is -0.740. The number of carbonyl (C=O) groups excluding carboxylic acids is 2. The third kappa shape index (κ3) is 4.41. The Morgan fingerprint density at radius 1 is 1.25 bits per heavy atom. The minimum atomic E-state index is 0.0663. The Bertz CT molecular complexity index is 347. The Balaban J connectivity index is 2.43. The molecule has 4 heteroatoms. The lowest BCUT2D eigenvalue weighted by atomic mass is 10.2. The third-order valence-electron chi connectivity index (χ3n) is 2.07. The van der Waals surface area contributed by atoms with Crippen molar-refractivity contribution in [3.8, 4) is 0 Å². The molecular weight excluding hydrogens is 240 g/mol. The van der Waals surface area contributed by atoms with Crippen LogP contribution in [0.2, 0.25) is 0 Å². The van der Waals surface area contributed by atoms with Crippen LogP contribution < -0.4 is 0 Å². The fourth-order valence-corrected chi connectivity index (χ4v) is 2.22. The van der Waals surface area contributed by atoms with Gasteiger partial charge in [-0.3, -0.25) is 9.59 Å². The predicted molar refractivity (Wildman–Crippen MR) is 71.7 cm³/mol. The molecule has 0 amide bonds. The van der Waals surface area contributed by atoms with Gasteiger partial charge in [0.25, 0.3) is 0 Å². The first-order valence-electron chi connectivity index (χ1n) is 5.11. The molecule has 0 bridgehead atoms. The monoisotopic (exact) mass is 254 g/mol. The molecule has 2 nitrogen and oxygen atoms in total. The van der Waals surface area contributed by atoms with E-state index in [1.807, 2.05) is 0 Å². The van der Waals surface area contributed by atoms with E-state index in [-0.39, 0.29) is 5.12 Å². The van der Waals surface area contributed by atoms with Gasteiger partial charge < -0.3 is 0 Å². The largest absolute Gasteiger partial charge is 0.298 e. The van der Waals surface area contributed by atoms with E-state index in [4.69, 9.17) is 0 Å². The van der Waals surface area contributed by atoms with Gasteiger partial charge in [-0.15, -0.1) is 0 Å². The summed E-state index contributed by atoms with van der Waals surface area (Å²) in [4.78, 5) is 22.1. The van der Waals surface area contributed by atoms with E-state index in [9.17, 15) is 9.59 Å². The van der Waals surface area contributed by atoms with Crippen LogP contribution >= 0.6 is 24.4 Å². The number of hydrogen-bond donors (Lipinski definition) is 1. The number of thiol groups is 1. The standard InChI is InChI=1S/C12H14O2S2/c13-9-10-3-5-11(6-4-10)12(14)16-8-2-1-7-15/h3-6,9,15H,1-2,7-8H2. The number of benzene rings is 1. The second-order valence-electron chi connectivity index (χ2n) is 3.31. The van der Waals surface area contributed by atoms with Crippen LogP contribution in [-0.4, -0.2) is 22.9 Å². The van der Waals surface area contributed by atoms with Gasteiger partial charge in [0.1, 0.15) is 6.29 Å². The maximum absolute atomic E-state index is 11.7. The second-order valence-corrected chi connectivity index (χ2v) is 4.82. The first-order valence-corrected chi connectivity index (χ1v) is 6.73. The van der Waals surface area contributed by atoms with E-state index in [1.165, 1.54) is 11.8 Å². The minimum Gasteiger partial charge on any atom is -0.298 e. The van der Waals surface area contributed by atoms with E-state index in [1.54, 1.807) is 24.3 Å². The molecule has 1 rings (SSSR count). The van der Waals surface area contributed by atoms with Crippen LogP contribution in [0.4, 0.5) is 0 Å². The van der Waals surface area contributed by atoms with Crippen molar-refractivity contribution in [2.45, 2.75) is 12.8 Å². The third-order valence-corrected chi connectivity index (χ3v) is 3.37. The van der Waals surface area contributed by atoms with Crippen molar-refractivity contribution < 1.29 is 9.59 Å². The zero-order valence-corrected chi connectivity index (χ0v) is 10.6.